The predicted molar refractivity (Wildman–Crippen MR) is 93.0 cm³/mol. The van der Waals surface area contributed by atoms with Crippen LogP contribution >= 0.6 is 0 Å². The molecule has 0 radical (unpaired) electrons. The van der Waals surface area contributed by atoms with Crippen LogP contribution in [0.3, 0.4) is 0 Å². The molecule has 0 aliphatic carbocycles. The van der Waals surface area contributed by atoms with Crippen molar-refractivity contribution in [3.8, 4) is 5.75 Å². The lowest BCUT2D eigenvalue weighted by Gasteiger charge is -2.20. The summed E-state index contributed by atoms with van der Waals surface area (Å²) >= 11 is 0. The molecule has 1 atom stereocenters. The van der Waals surface area contributed by atoms with Crippen LogP contribution in [-0.4, -0.2) is 23.5 Å². The molecule has 25 heavy (non-hydrogen) atoms. The normalized spacial score (nSPS) is 17.0. The largest absolute Gasteiger partial charge is 0.506 e. The Kier molecular flexibility index (Phi) is 4.70. The van der Waals surface area contributed by atoms with Crippen molar-refractivity contribution in [3.63, 3.8) is 0 Å². The lowest BCUT2D eigenvalue weighted by molar-refractivity contribution is -0.122. The Labute approximate surface area is 145 Å². The Bertz CT molecular complexity index is 802. The maximum Gasteiger partial charge on any atom is 0.229 e. The van der Waals surface area contributed by atoms with Crippen molar-refractivity contribution >= 4 is 23.2 Å². The van der Waals surface area contributed by atoms with Gasteiger partial charge < -0.3 is 15.3 Å². The molecule has 3 rings (SSSR count). The zero-order valence-corrected chi connectivity index (χ0v) is 13.8. The highest BCUT2D eigenvalue weighted by atomic mass is 19.1. The number of carbonyl (C=O) groups is 2. The van der Waals surface area contributed by atoms with Gasteiger partial charge in [0.2, 0.25) is 11.8 Å². The van der Waals surface area contributed by atoms with Crippen molar-refractivity contribution in [1.29, 1.82) is 0 Å². The van der Waals surface area contributed by atoms with Crippen LogP contribution in [-0.2, 0) is 16.0 Å². The van der Waals surface area contributed by atoms with Crippen LogP contribution in [0.2, 0.25) is 0 Å². The van der Waals surface area contributed by atoms with Crippen LogP contribution in [0, 0.1) is 11.7 Å². The van der Waals surface area contributed by atoms with Gasteiger partial charge in [-0.25, -0.2) is 4.39 Å². The Hall–Kier alpha value is -2.89. The fourth-order valence-corrected chi connectivity index (χ4v) is 3.05. The smallest absolute Gasteiger partial charge is 0.229 e. The number of nitrogens with zero attached hydrogens (tertiary/aromatic N) is 1. The first-order valence-corrected chi connectivity index (χ1v) is 8.18. The summed E-state index contributed by atoms with van der Waals surface area (Å²) < 4.78 is 13.8. The van der Waals surface area contributed by atoms with Gasteiger partial charge in [-0.05, 0) is 30.2 Å². The average Bonchev–Trinajstić information content (AvgIpc) is 3.00. The summed E-state index contributed by atoms with van der Waals surface area (Å²) in [4.78, 5) is 26.4. The van der Waals surface area contributed by atoms with Gasteiger partial charge in [-0.3, -0.25) is 9.59 Å². The average molecular weight is 342 g/mol. The summed E-state index contributed by atoms with van der Waals surface area (Å²) in [7, 11) is 0. The summed E-state index contributed by atoms with van der Waals surface area (Å²) in [5, 5.41) is 12.1. The number of nitrogens with one attached hydrogen (secondary N) is 1. The van der Waals surface area contributed by atoms with Crippen LogP contribution < -0.4 is 10.2 Å². The Morgan fingerprint density at radius 3 is 2.76 bits per heavy atom. The highest BCUT2D eigenvalue weighted by Crippen LogP contribution is 2.31. The molecule has 0 bridgehead atoms. The van der Waals surface area contributed by atoms with E-state index in [-0.39, 0.29) is 30.3 Å². The predicted octanol–water partition coefficient (Wildman–Crippen LogP) is 3.09. The molecule has 1 saturated heterocycles. The standard InChI is InChI=1S/C19H19FN2O3/c1-2-12-6-3-4-8-15(12)22-11-13(10-17(22)24)19(25)21-18-14(20)7-5-9-16(18)23/h3-9,13,23H,2,10-11H2,1H3,(H,21,25). The minimum absolute atomic E-state index is 0.0547. The number of hydrogen-bond donors (Lipinski definition) is 2. The number of aryl methyl sites for hydroxylation is 1. The number of phenolic OH excluding ortho intramolecular Hbond substituents is 1. The topological polar surface area (TPSA) is 69.6 Å². The number of rotatable bonds is 4. The molecule has 0 saturated carbocycles. The second-order valence-corrected chi connectivity index (χ2v) is 6.01. The lowest BCUT2D eigenvalue weighted by atomic mass is 10.1. The van der Waals surface area contributed by atoms with E-state index in [0.717, 1.165) is 23.7 Å². The van der Waals surface area contributed by atoms with Gasteiger partial charge in [0.15, 0.2) is 5.82 Å². The summed E-state index contributed by atoms with van der Waals surface area (Å²) in [5.74, 6) is -2.28. The van der Waals surface area contributed by atoms with Crippen LogP contribution in [0.1, 0.15) is 18.9 Å². The fourth-order valence-electron chi connectivity index (χ4n) is 3.05. The highest BCUT2D eigenvalue weighted by molar-refractivity contribution is 6.04. The first-order valence-electron chi connectivity index (χ1n) is 8.18. The van der Waals surface area contributed by atoms with Gasteiger partial charge in [0.05, 0.1) is 5.92 Å². The van der Waals surface area contributed by atoms with Gasteiger partial charge >= 0.3 is 0 Å². The van der Waals surface area contributed by atoms with Gasteiger partial charge in [0.1, 0.15) is 11.4 Å². The maximum absolute atomic E-state index is 13.8. The van der Waals surface area contributed by atoms with Crippen LogP contribution in [0.15, 0.2) is 42.5 Å². The first kappa shape index (κ1) is 17.0. The van der Waals surface area contributed by atoms with Crippen molar-refractivity contribution < 1.29 is 19.1 Å². The summed E-state index contributed by atoms with van der Waals surface area (Å²) in [5.41, 5.74) is 1.58. The molecule has 0 spiro atoms. The molecule has 1 aliphatic heterocycles. The molecule has 2 aromatic rings. The molecule has 2 N–H and O–H groups in total. The first-order chi connectivity index (χ1) is 12.0. The molecule has 0 aromatic heterocycles. The molecular weight excluding hydrogens is 323 g/mol. The molecule has 130 valence electrons. The van der Waals surface area contributed by atoms with E-state index in [4.69, 9.17) is 0 Å². The SMILES string of the molecule is CCc1ccccc1N1CC(C(=O)Nc2c(O)cccc2F)CC1=O. The highest BCUT2D eigenvalue weighted by Gasteiger charge is 2.36. The summed E-state index contributed by atoms with van der Waals surface area (Å²) in [6.07, 6.45) is 0.832. The minimum Gasteiger partial charge on any atom is -0.506 e. The van der Waals surface area contributed by atoms with Crippen molar-refractivity contribution in [2.45, 2.75) is 19.8 Å². The maximum atomic E-state index is 13.8. The monoisotopic (exact) mass is 342 g/mol. The number of anilines is 2. The van der Waals surface area contributed by atoms with E-state index in [0.29, 0.717) is 0 Å². The molecule has 5 nitrogen and oxygen atoms in total. The number of amides is 2. The Morgan fingerprint density at radius 1 is 1.28 bits per heavy atom. The van der Waals surface area contributed by atoms with Gasteiger partial charge in [-0.15, -0.1) is 0 Å². The van der Waals surface area contributed by atoms with E-state index in [1.54, 1.807) is 4.90 Å². The van der Waals surface area contributed by atoms with Gasteiger partial charge in [-0.2, -0.15) is 0 Å². The van der Waals surface area contributed by atoms with E-state index in [9.17, 15) is 19.1 Å². The Morgan fingerprint density at radius 2 is 2.04 bits per heavy atom. The van der Waals surface area contributed by atoms with Crippen molar-refractivity contribution in [3.05, 3.63) is 53.8 Å². The van der Waals surface area contributed by atoms with E-state index >= 15 is 0 Å². The van der Waals surface area contributed by atoms with Gasteiger partial charge in [-0.1, -0.05) is 31.2 Å². The number of benzene rings is 2. The molecule has 6 heteroatoms. The second kappa shape index (κ2) is 6.93. The zero-order chi connectivity index (χ0) is 18.0. The third-order valence-corrected chi connectivity index (χ3v) is 4.40. The number of halogens is 1. The number of para-hydroxylation sites is 2. The zero-order valence-electron chi connectivity index (χ0n) is 13.8. The third kappa shape index (κ3) is 3.33. The summed E-state index contributed by atoms with van der Waals surface area (Å²) in [6.45, 7) is 2.24. The number of carbonyl (C=O) groups excluding carboxylic acids is 2. The lowest BCUT2D eigenvalue weighted by Crippen LogP contribution is -2.29. The number of aromatic hydroxyl groups is 1. The second-order valence-electron chi connectivity index (χ2n) is 6.01. The number of phenols is 1. The molecular formula is C19H19FN2O3. The molecule has 1 aliphatic rings. The molecule has 1 heterocycles. The van der Waals surface area contributed by atoms with E-state index in [1.807, 2.05) is 31.2 Å². The fraction of sp³-hybridized carbons (Fsp3) is 0.263. The molecule has 2 aromatic carbocycles. The molecule has 2 amide bonds. The van der Waals surface area contributed by atoms with Crippen molar-refractivity contribution in [1.82, 2.24) is 0 Å². The van der Waals surface area contributed by atoms with E-state index < -0.39 is 17.6 Å². The van der Waals surface area contributed by atoms with E-state index in [2.05, 4.69) is 5.32 Å². The molecule has 1 unspecified atom stereocenters. The summed E-state index contributed by atoms with van der Waals surface area (Å²) in [6, 6.07) is 11.4. The van der Waals surface area contributed by atoms with Gasteiger partial charge in [0.25, 0.3) is 0 Å². The third-order valence-electron chi connectivity index (χ3n) is 4.40. The van der Waals surface area contributed by atoms with Crippen LogP contribution in [0.4, 0.5) is 15.8 Å². The Balaban J connectivity index is 1.77. The van der Waals surface area contributed by atoms with Gasteiger partial charge in [0, 0.05) is 18.7 Å². The van der Waals surface area contributed by atoms with Crippen LogP contribution in [0.5, 0.6) is 5.75 Å². The minimum atomic E-state index is -0.717. The number of hydrogen-bond acceptors (Lipinski definition) is 3. The molecule has 1 fully saturated rings. The van der Waals surface area contributed by atoms with E-state index in [1.165, 1.54) is 12.1 Å². The van der Waals surface area contributed by atoms with Crippen molar-refractivity contribution in [2.24, 2.45) is 5.92 Å². The quantitative estimate of drug-likeness (QED) is 0.839. The van der Waals surface area contributed by atoms with Crippen molar-refractivity contribution in [2.75, 3.05) is 16.8 Å². The van der Waals surface area contributed by atoms with Crippen LogP contribution in [0.25, 0.3) is 0 Å².